The number of hydrogen-bond acceptors (Lipinski definition) is 10. The van der Waals surface area contributed by atoms with Gasteiger partial charge in [-0.25, -0.2) is 0 Å². The molecule has 0 bridgehead atoms. The van der Waals surface area contributed by atoms with Crippen molar-refractivity contribution in [2.75, 3.05) is 25.2 Å². The first-order valence-corrected chi connectivity index (χ1v) is 12.8. The third kappa shape index (κ3) is 4.24. The molecule has 196 valence electrons. The van der Waals surface area contributed by atoms with Gasteiger partial charge in [0.1, 0.15) is 5.01 Å². The van der Waals surface area contributed by atoms with Crippen molar-refractivity contribution in [2.45, 2.75) is 26.8 Å². The summed E-state index contributed by atoms with van der Waals surface area (Å²) in [6, 6.07) is 10.9. The van der Waals surface area contributed by atoms with Crippen LogP contribution in [0.25, 0.3) is 11.0 Å². The molecule has 4 aromatic rings. The summed E-state index contributed by atoms with van der Waals surface area (Å²) in [5.41, 5.74) is 0.752. The number of ketones is 1. The molecule has 1 atom stereocenters. The van der Waals surface area contributed by atoms with Crippen molar-refractivity contribution < 1.29 is 33.3 Å². The summed E-state index contributed by atoms with van der Waals surface area (Å²) < 4.78 is 22.7. The SMILES string of the molecule is CCOc1ccc(C2C(C(=O)c3cc4cccc(OC)c4o3)=C(O)C(=O)N2c2nnc(C)s2)cc1OCC. The first-order chi connectivity index (χ1) is 18.4. The Balaban J connectivity index is 1.66. The van der Waals surface area contributed by atoms with E-state index in [1.54, 1.807) is 49.4 Å². The molecule has 2 aromatic heterocycles. The lowest BCUT2D eigenvalue weighted by Gasteiger charge is -2.24. The molecule has 0 spiro atoms. The van der Waals surface area contributed by atoms with E-state index in [9.17, 15) is 14.7 Å². The Kier molecular flexibility index (Phi) is 6.77. The number of carbonyl (C=O) groups is 2. The van der Waals surface area contributed by atoms with Crippen molar-refractivity contribution in [2.24, 2.45) is 0 Å². The minimum absolute atomic E-state index is 0.0462. The molecule has 0 saturated heterocycles. The second kappa shape index (κ2) is 10.2. The number of carbonyl (C=O) groups excluding carboxylic acids is 2. The van der Waals surface area contributed by atoms with E-state index in [1.165, 1.54) is 23.3 Å². The van der Waals surface area contributed by atoms with Crippen LogP contribution >= 0.6 is 11.3 Å². The number of methoxy groups -OCH3 is 1. The van der Waals surface area contributed by atoms with E-state index in [-0.39, 0.29) is 16.5 Å². The van der Waals surface area contributed by atoms with Crippen LogP contribution in [0.2, 0.25) is 0 Å². The van der Waals surface area contributed by atoms with Crippen LogP contribution in [0.1, 0.15) is 41.0 Å². The Bertz CT molecular complexity index is 1570. The van der Waals surface area contributed by atoms with E-state index in [0.29, 0.717) is 52.0 Å². The summed E-state index contributed by atoms with van der Waals surface area (Å²) in [6.07, 6.45) is 0. The normalized spacial score (nSPS) is 15.4. The number of aliphatic hydroxyl groups excluding tert-OH is 1. The smallest absolute Gasteiger partial charge is 0.296 e. The van der Waals surface area contributed by atoms with Crippen molar-refractivity contribution in [1.82, 2.24) is 10.2 Å². The Morgan fingerprint density at radius 3 is 2.53 bits per heavy atom. The summed E-state index contributed by atoms with van der Waals surface area (Å²) in [5, 5.41) is 20.7. The first-order valence-electron chi connectivity index (χ1n) is 11.9. The van der Waals surface area contributed by atoms with Gasteiger partial charge in [0, 0.05) is 5.39 Å². The highest BCUT2D eigenvalue weighted by atomic mass is 32.1. The van der Waals surface area contributed by atoms with Gasteiger partial charge in [0.05, 0.1) is 31.9 Å². The highest BCUT2D eigenvalue weighted by Gasteiger charge is 2.47. The molecule has 0 aliphatic carbocycles. The molecule has 5 rings (SSSR count). The van der Waals surface area contributed by atoms with Gasteiger partial charge in [0.2, 0.25) is 10.9 Å². The lowest BCUT2D eigenvalue weighted by molar-refractivity contribution is -0.117. The summed E-state index contributed by atoms with van der Waals surface area (Å²) in [7, 11) is 1.50. The molecular weight excluding hydrogens is 510 g/mol. The van der Waals surface area contributed by atoms with E-state index in [1.807, 2.05) is 13.8 Å². The number of benzene rings is 2. The Morgan fingerprint density at radius 1 is 1.08 bits per heavy atom. The lowest BCUT2D eigenvalue weighted by atomic mass is 9.95. The van der Waals surface area contributed by atoms with Crippen LogP contribution < -0.4 is 19.1 Å². The molecule has 1 aliphatic rings. The number of amides is 1. The van der Waals surface area contributed by atoms with Crippen molar-refractivity contribution in [3.63, 3.8) is 0 Å². The lowest BCUT2D eigenvalue weighted by Crippen LogP contribution is -2.31. The van der Waals surface area contributed by atoms with E-state index in [4.69, 9.17) is 18.6 Å². The van der Waals surface area contributed by atoms with Gasteiger partial charge in [-0.05, 0) is 50.6 Å². The Morgan fingerprint density at radius 2 is 1.84 bits per heavy atom. The maximum absolute atomic E-state index is 13.9. The number of aliphatic hydroxyl groups is 1. The first kappa shape index (κ1) is 25.3. The number of aryl methyl sites for hydroxylation is 1. The van der Waals surface area contributed by atoms with Gasteiger partial charge in [-0.15, -0.1) is 10.2 Å². The fraction of sp³-hybridized carbons (Fsp3) is 0.259. The van der Waals surface area contributed by atoms with Gasteiger partial charge in [-0.1, -0.05) is 29.5 Å². The predicted molar refractivity (Wildman–Crippen MR) is 140 cm³/mol. The molecule has 38 heavy (non-hydrogen) atoms. The third-order valence-corrected chi connectivity index (χ3v) is 6.85. The summed E-state index contributed by atoms with van der Waals surface area (Å²) >= 11 is 1.17. The van der Waals surface area contributed by atoms with Gasteiger partial charge in [0.15, 0.2) is 34.4 Å². The topological polar surface area (TPSA) is 124 Å². The van der Waals surface area contributed by atoms with Gasteiger partial charge in [-0.2, -0.15) is 0 Å². The Hall–Kier alpha value is -4.38. The zero-order valence-corrected chi connectivity index (χ0v) is 22.0. The second-order valence-corrected chi connectivity index (χ2v) is 9.49. The minimum atomic E-state index is -1.02. The zero-order valence-electron chi connectivity index (χ0n) is 21.2. The third-order valence-electron chi connectivity index (χ3n) is 6.01. The van der Waals surface area contributed by atoms with Crippen LogP contribution in [0.5, 0.6) is 17.2 Å². The van der Waals surface area contributed by atoms with Crippen LogP contribution in [0, 0.1) is 6.92 Å². The van der Waals surface area contributed by atoms with E-state index in [2.05, 4.69) is 10.2 Å². The quantitative estimate of drug-likeness (QED) is 0.289. The van der Waals surface area contributed by atoms with Crippen molar-refractivity contribution >= 4 is 39.1 Å². The standard InChI is InChI=1S/C27H25N3O7S/c1-5-35-17-11-10-15(12-19(17)36-6-2)22-21(24(32)26(33)30(22)27-29-28-14(3)38-27)23(31)20-13-16-8-7-9-18(34-4)25(16)37-20/h7-13,22,32H,5-6H2,1-4H3. The molecule has 1 amide bonds. The van der Waals surface area contributed by atoms with E-state index in [0.717, 1.165) is 0 Å². The maximum atomic E-state index is 13.9. The van der Waals surface area contributed by atoms with Crippen molar-refractivity contribution in [3.05, 3.63) is 70.1 Å². The average molecular weight is 536 g/mol. The molecule has 2 aromatic carbocycles. The van der Waals surface area contributed by atoms with Gasteiger partial charge in [-0.3, -0.25) is 14.5 Å². The largest absolute Gasteiger partial charge is 0.503 e. The summed E-state index contributed by atoms with van der Waals surface area (Å²) in [5.74, 6) is -0.727. The second-order valence-electron chi connectivity index (χ2n) is 8.33. The molecule has 3 heterocycles. The molecular formula is C27H25N3O7S. The summed E-state index contributed by atoms with van der Waals surface area (Å²) in [4.78, 5) is 28.6. The molecule has 0 fully saturated rings. The van der Waals surface area contributed by atoms with Crippen LogP contribution in [0.15, 0.2) is 58.2 Å². The predicted octanol–water partition coefficient (Wildman–Crippen LogP) is 5.18. The number of rotatable bonds is 9. The molecule has 0 radical (unpaired) electrons. The van der Waals surface area contributed by atoms with Crippen LogP contribution in [0.4, 0.5) is 5.13 Å². The molecule has 1 aliphatic heterocycles. The van der Waals surface area contributed by atoms with Crippen LogP contribution in [-0.2, 0) is 4.79 Å². The minimum Gasteiger partial charge on any atom is -0.503 e. The van der Waals surface area contributed by atoms with Crippen LogP contribution in [-0.4, -0.2) is 47.3 Å². The molecule has 10 nitrogen and oxygen atoms in total. The summed E-state index contributed by atoms with van der Waals surface area (Å²) in [6.45, 7) is 6.26. The average Bonchev–Trinajstić information content (AvgIpc) is 3.61. The van der Waals surface area contributed by atoms with Gasteiger partial charge in [0.25, 0.3) is 5.91 Å². The fourth-order valence-corrected chi connectivity index (χ4v) is 5.13. The number of anilines is 1. The van der Waals surface area contributed by atoms with Gasteiger partial charge < -0.3 is 23.7 Å². The highest BCUT2D eigenvalue weighted by Crippen LogP contribution is 2.45. The highest BCUT2D eigenvalue weighted by molar-refractivity contribution is 7.15. The number of nitrogens with zero attached hydrogens (tertiary/aromatic N) is 3. The number of Topliss-reactive ketones (excluding diaryl/α,β-unsaturated/α-hetero) is 1. The van der Waals surface area contributed by atoms with Crippen molar-refractivity contribution in [1.29, 1.82) is 0 Å². The zero-order chi connectivity index (χ0) is 27.0. The van der Waals surface area contributed by atoms with Crippen molar-refractivity contribution in [3.8, 4) is 17.2 Å². The number of hydrogen-bond donors (Lipinski definition) is 1. The molecule has 1 unspecified atom stereocenters. The number of furan rings is 1. The Labute approximate surface area is 222 Å². The number of aromatic nitrogens is 2. The van der Waals surface area contributed by atoms with Crippen LogP contribution in [0.3, 0.4) is 0 Å². The molecule has 1 N–H and O–H groups in total. The van der Waals surface area contributed by atoms with E-state index >= 15 is 0 Å². The van der Waals surface area contributed by atoms with Gasteiger partial charge >= 0.3 is 0 Å². The number of para-hydroxylation sites is 1. The van der Waals surface area contributed by atoms with E-state index < -0.39 is 23.5 Å². The number of fused-ring (bicyclic) bond motifs is 1. The number of ether oxygens (including phenoxy) is 3. The molecule has 0 saturated carbocycles. The maximum Gasteiger partial charge on any atom is 0.296 e. The molecule has 11 heteroatoms. The fourth-order valence-electron chi connectivity index (χ4n) is 4.41. The monoisotopic (exact) mass is 535 g/mol.